The molecule has 0 aliphatic carbocycles. The smallest absolute Gasteiger partial charge is 0.137 e. The third-order valence-electron chi connectivity index (χ3n) is 3.03. The van der Waals surface area contributed by atoms with Gasteiger partial charge < -0.3 is 5.32 Å². The molecule has 0 spiro atoms. The van der Waals surface area contributed by atoms with E-state index in [1.165, 1.54) is 12.5 Å². The first-order valence-corrected chi connectivity index (χ1v) is 6.50. The fraction of sp³-hybridized carbons (Fsp3) is 0.538. The third kappa shape index (κ3) is 3.56. The van der Waals surface area contributed by atoms with Crippen LogP contribution in [-0.2, 0) is 0 Å². The van der Waals surface area contributed by atoms with E-state index in [-0.39, 0.29) is 5.82 Å². The van der Waals surface area contributed by atoms with E-state index in [1.807, 2.05) is 19.2 Å². The van der Waals surface area contributed by atoms with E-state index in [4.69, 9.17) is 0 Å². The molecule has 1 N–H and O–H groups in total. The molecular weight excluding hydrogens is 269 g/mol. The normalized spacial score (nSPS) is 14.8. The van der Waals surface area contributed by atoms with Crippen molar-refractivity contribution < 1.29 is 4.39 Å². The fourth-order valence-electron chi connectivity index (χ4n) is 1.72. The summed E-state index contributed by atoms with van der Waals surface area (Å²) in [6.45, 7) is 4.43. The maximum atomic E-state index is 13.1. The van der Waals surface area contributed by atoms with Crippen molar-refractivity contribution in [3.63, 3.8) is 0 Å². The first-order valence-electron chi connectivity index (χ1n) is 5.70. The molecular formula is C13H19BrFN. The molecule has 1 aromatic rings. The molecule has 0 saturated heterocycles. The maximum Gasteiger partial charge on any atom is 0.137 e. The van der Waals surface area contributed by atoms with Crippen molar-refractivity contribution in [3.05, 3.63) is 34.1 Å². The van der Waals surface area contributed by atoms with E-state index in [9.17, 15) is 4.39 Å². The molecule has 0 amide bonds. The second kappa shape index (κ2) is 6.36. The Kier molecular flexibility index (Phi) is 5.42. The van der Waals surface area contributed by atoms with Gasteiger partial charge in [0.15, 0.2) is 0 Å². The minimum atomic E-state index is -0.206. The van der Waals surface area contributed by atoms with Crippen molar-refractivity contribution in [1.82, 2.24) is 5.32 Å². The number of hydrogen-bond acceptors (Lipinski definition) is 1. The molecule has 2 atom stereocenters. The summed E-state index contributed by atoms with van der Waals surface area (Å²) < 4.78 is 13.7. The SMILES string of the molecule is CCC(C)CC(NC)c1ccc(F)c(Br)c1. The third-order valence-corrected chi connectivity index (χ3v) is 3.64. The molecule has 0 heterocycles. The summed E-state index contributed by atoms with van der Waals surface area (Å²) in [5.74, 6) is 0.462. The van der Waals surface area contributed by atoms with Crippen LogP contribution in [0.5, 0.6) is 0 Å². The van der Waals surface area contributed by atoms with Crippen molar-refractivity contribution >= 4 is 15.9 Å². The zero-order chi connectivity index (χ0) is 12.1. The van der Waals surface area contributed by atoms with Gasteiger partial charge in [-0.05, 0) is 53.0 Å². The number of nitrogens with one attached hydrogen (secondary N) is 1. The monoisotopic (exact) mass is 287 g/mol. The van der Waals surface area contributed by atoms with Crippen LogP contribution in [-0.4, -0.2) is 7.05 Å². The van der Waals surface area contributed by atoms with Crippen molar-refractivity contribution in [3.8, 4) is 0 Å². The quantitative estimate of drug-likeness (QED) is 0.852. The maximum absolute atomic E-state index is 13.1. The second-order valence-electron chi connectivity index (χ2n) is 4.26. The molecule has 0 aromatic heterocycles. The first kappa shape index (κ1) is 13.7. The Balaban J connectivity index is 2.82. The molecule has 0 saturated carbocycles. The Morgan fingerprint density at radius 1 is 1.44 bits per heavy atom. The highest BCUT2D eigenvalue weighted by Crippen LogP contribution is 2.26. The molecule has 1 rings (SSSR count). The van der Waals surface area contributed by atoms with Gasteiger partial charge in [0, 0.05) is 6.04 Å². The summed E-state index contributed by atoms with van der Waals surface area (Å²) in [6, 6.07) is 5.52. The van der Waals surface area contributed by atoms with Gasteiger partial charge in [-0.3, -0.25) is 0 Å². The van der Waals surface area contributed by atoms with E-state index in [1.54, 1.807) is 0 Å². The molecule has 3 heteroatoms. The Bertz CT molecular complexity index is 341. The lowest BCUT2D eigenvalue weighted by Gasteiger charge is -2.20. The zero-order valence-electron chi connectivity index (χ0n) is 10.1. The first-order chi connectivity index (χ1) is 7.58. The number of benzene rings is 1. The largest absolute Gasteiger partial charge is 0.313 e. The molecule has 1 aromatic carbocycles. The predicted octanol–water partition coefficient (Wildman–Crippen LogP) is 4.28. The molecule has 16 heavy (non-hydrogen) atoms. The number of halogens is 2. The van der Waals surface area contributed by atoms with E-state index >= 15 is 0 Å². The fourth-order valence-corrected chi connectivity index (χ4v) is 2.12. The summed E-state index contributed by atoms with van der Waals surface area (Å²) in [6.07, 6.45) is 2.24. The van der Waals surface area contributed by atoms with Gasteiger partial charge in [0.05, 0.1) is 4.47 Å². The number of hydrogen-bond donors (Lipinski definition) is 1. The van der Waals surface area contributed by atoms with E-state index in [0.717, 1.165) is 12.0 Å². The summed E-state index contributed by atoms with van der Waals surface area (Å²) in [5.41, 5.74) is 1.14. The minimum Gasteiger partial charge on any atom is -0.313 e. The Morgan fingerprint density at radius 2 is 2.12 bits per heavy atom. The average Bonchev–Trinajstić information content (AvgIpc) is 2.29. The van der Waals surface area contributed by atoms with Crippen LogP contribution in [0, 0.1) is 11.7 Å². The van der Waals surface area contributed by atoms with Crippen molar-refractivity contribution in [2.24, 2.45) is 5.92 Å². The molecule has 0 aliphatic heterocycles. The molecule has 0 radical (unpaired) electrons. The zero-order valence-corrected chi connectivity index (χ0v) is 11.6. The molecule has 0 aliphatic rings. The molecule has 1 nitrogen and oxygen atoms in total. The van der Waals surface area contributed by atoms with Gasteiger partial charge in [0.2, 0.25) is 0 Å². The van der Waals surface area contributed by atoms with Crippen LogP contribution >= 0.6 is 15.9 Å². The highest BCUT2D eigenvalue weighted by atomic mass is 79.9. The van der Waals surface area contributed by atoms with Crippen LogP contribution in [0.25, 0.3) is 0 Å². The van der Waals surface area contributed by atoms with Crippen molar-refractivity contribution in [2.75, 3.05) is 7.05 Å². The molecule has 0 fully saturated rings. The van der Waals surface area contributed by atoms with Gasteiger partial charge in [-0.25, -0.2) is 4.39 Å². The van der Waals surface area contributed by atoms with E-state index in [0.29, 0.717) is 16.4 Å². The summed E-state index contributed by atoms with van der Waals surface area (Å²) >= 11 is 3.22. The topological polar surface area (TPSA) is 12.0 Å². The highest BCUT2D eigenvalue weighted by molar-refractivity contribution is 9.10. The lowest BCUT2D eigenvalue weighted by Crippen LogP contribution is -2.19. The average molecular weight is 288 g/mol. The van der Waals surface area contributed by atoms with Gasteiger partial charge in [-0.2, -0.15) is 0 Å². The van der Waals surface area contributed by atoms with Gasteiger partial charge in [0.1, 0.15) is 5.82 Å². The van der Waals surface area contributed by atoms with Crippen LogP contribution in [0.2, 0.25) is 0 Å². The van der Waals surface area contributed by atoms with Gasteiger partial charge in [-0.15, -0.1) is 0 Å². The molecule has 0 bridgehead atoms. The summed E-state index contributed by atoms with van der Waals surface area (Å²) in [4.78, 5) is 0. The Morgan fingerprint density at radius 3 is 2.62 bits per heavy atom. The van der Waals surface area contributed by atoms with Gasteiger partial charge >= 0.3 is 0 Å². The van der Waals surface area contributed by atoms with Gasteiger partial charge in [-0.1, -0.05) is 26.3 Å². The van der Waals surface area contributed by atoms with Crippen LogP contribution in [0.3, 0.4) is 0 Å². The highest BCUT2D eigenvalue weighted by Gasteiger charge is 2.13. The van der Waals surface area contributed by atoms with Gasteiger partial charge in [0.25, 0.3) is 0 Å². The number of rotatable bonds is 5. The van der Waals surface area contributed by atoms with Crippen LogP contribution in [0.4, 0.5) is 4.39 Å². The molecule has 90 valence electrons. The van der Waals surface area contributed by atoms with Crippen LogP contribution < -0.4 is 5.32 Å². The summed E-state index contributed by atoms with van der Waals surface area (Å²) in [5, 5.41) is 3.29. The van der Waals surface area contributed by atoms with Crippen molar-refractivity contribution in [1.29, 1.82) is 0 Å². The minimum absolute atomic E-state index is 0.206. The predicted molar refractivity (Wildman–Crippen MR) is 70.0 cm³/mol. The van der Waals surface area contributed by atoms with E-state index in [2.05, 4.69) is 35.1 Å². The van der Waals surface area contributed by atoms with Crippen LogP contribution in [0.1, 0.15) is 38.3 Å². The van der Waals surface area contributed by atoms with Crippen molar-refractivity contribution in [2.45, 2.75) is 32.7 Å². The lowest BCUT2D eigenvalue weighted by molar-refractivity contribution is 0.421. The van der Waals surface area contributed by atoms with Crippen LogP contribution in [0.15, 0.2) is 22.7 Å². The Hall–Kier alpha value is -0.410. The molecule has 2 unspecified atom stereocenters. The lowest BCUT2D eigenvalue weighted by atomic mass is 9.94. The Labute approximate surface area is 106 Å². The second-order valence-corrected chi connectivity index (χ2v) is 5.12. The van der Waals surface area contributed by atoms with E-state index < -0.39 is 0 Å². The summed E-state index contributed by atoms with van der Waals surface area (Å²) in [7, 11) is 1.95. The standard InChI is InChI=1S/C13H19BrFN/c1-4-9(2)7-13(16-3)10-5-6-12(15)11(14)8-10/h5-6,8-9,13,16H,4,7H2,1-3H3.